The summed E-state index contributed by atoms with van der Waals surface area (Å²) >= 11 is 0. The van der Waals surface area contributed by atoms with Gasteiger partial charge in [0.05, 0.1) is 6.61 Å². The van der Waals surface area contributed by atoms with Crippen molar-refractivity contribution in [2.75, 3.05) is 18.5 Å². The second-order valence-electron chi connectivity index (χ2n) is 4.68. The SMILES string of the molecule is CCOC(=O)c1ccccc1OCC(=O)Nc1ccc(F)c(F)c1. The van der Waals surface area contributed by atoms with Crippen LogP contribution in [0.1, 0.15) is 17.3 Å². The fourth-order valence-corrected chi connectivity index (χ4v) is 1.88. The maximum atomic E-state index is 13.1. The molecule has 0 aliphatic rings. The lowest BCUT2D eigenvalue weighted by atomic mass is 10.2. The lowest BCUT2D eigenvalue weighted by Crippen LogP contribution is -2.21. The Hall–Kier alpha value is -2.96. The van der Waals surface area contributed by atoms with Crippen LogP contribution in [0.3, 0.4) is 0 Å². The number of hydrogen-bond acceptors (Lipinski definition) is 4. The van der Waals surface area contributed by atoms with Crippen LogP contribution in [0.25, 0.3) is 0 Å². The molecule has 0 saturated heterocycles. The monoisotopic (exact) mass is 335 g/mol. The molecule has 1 N–H and O–H groups in total. The van der Waals surface area contributed by atoms with Gasteiger partial charge in [-0.15, -0.1) is 0 Å². The maximum Gasteiger partial charge on any atom is 0.341 e. The molecule has 0 aromatic heterocycles. The molecule has 0 radical (unpaired) electrons. The van der Waals surface area contributed by atoms with E-state index in [4.69, 9.17) is 9.47 Å². The molecule has 1 amide bonds. The Balaban J connectivity index is 1.99. The highest BCUT2D eigenvalue weighted by molar-refractivity contribution is 5.94. The van der Waals surface area contributed by atoms with Crippen molar-refractivity contribution in [2.45, 2.75) is 6.92 Å². The molecule has 7 heteroatoms. The maximum absolute atomic E-state index is 13.1. The lowest BCUT2D eigenvalue weighted by Gasteiger charge is -2.11. The van der Waals surface area contributed by atoms with E-state index >= 15 is 0 Å². The van der Waals surface area contributed by atoms with Gasteiger partial charge < -0.3 is 14.8 Å². The van der Waals surface area contributed by atoms with Gasteiger partial charge in [-0.25, -0.2) is 13.6 Å². The minimum absolute atomic E-state index is 0.0983. The van der Waals surface area contributed by atoms with E-state index in [0.717, 1.165) is 12.1 Å². The minimum atomic E-state index is -1.07. The average Bonchev–Trinajstić information content (AvgIpc) is 2.57. The van der Waals surface area contributed by atoms with Gasteiger partial charge in [0.1, 0.15) is 11.3 Å². The number of esters is 1. The molecule has 2 rings (SSSR count). The fourth-order valence-electron chi connectivity index (χ4n) is 1.88. The van der Waals surface area contributed by atoms with Crippen LogP contribution < -0.4 is 10.1 Å². The molecule has 0 heterocycles. The Labute approximate surface area is 137 Å². The van der Waals surface area contributed by atoms with Crippen LogP contribution in [0.4, 0.5) is 14.5 Å². The first-order chi connectivity index (χ1) is 11.5. The van der Waals surface area contributed by atoms with Gasteiger partial charge in [-0.05, 0) is 31.2 Å². The molecule has 0 aliphatic carbocycles. The third kappa shape index (κ3) is 4.52. The Morgan fingerprint density at radius 2 is 1.83 bits per heavy atom. The molecule has 24 heavy (non-hydrogen) atoms. The number of para-hydroxylation sites is 1. The smallest absolute Gasteiger partial charge is 0.341 e. The number of rotatable bonds is 6. The van der Waals surface area contributed by atoms with Gasteiger partial charge in [0.25, 0.3) is 5.91 Å². The van der Waals surface area contributed by atoms with Gasteiger partial charge in [0, 0.05) is 11.8 Å². The molecule has 0 bridgehead atoms. The van der Waals surface area contributed by atoms with Gasteiger partial charge >= 0.3 is 5.97 Å². The number of anilines is 1. The number of hydrogen-bond donors (Lipinski definition) is 1. The first-order valence-corrected chi connectivity index (χ1v) is 7.15. The number of benzene rings is 2. The summed E-state index contributed by atoms with van der Waals surface area (Å²) in [5, 5.41) is 2.37. The lowest BCUT2D eigenvalue weighted by molar-refractivity contribution is -0.118. The van der Waals surface area contributed by atoms with Crippen molar-refractivity contribution in [3.8, 4) is 5.75 Å². The van der Waals surface area contributed by atoms with Crippen LogP contribution in [0.5, 0.6) is 5.75 Å². The van der Waals surface area contributed by atoms with E-state index in [1.807, 2.05) is 0 Å². The number of nitrogens with one attached hydrogen (secondary N) is 1. The summed E-state index contributed by atoms with van der Waals surface area (Å²) in [6, 6.07) is 9.31. The predicted octanol–water partition coefficient (Wildman–Crippen LogP) is 3.16. The van der Waals surface area contributed by atoms with Crippen LogP contribution in [-0.2, 0) is 9.53 Å². The van der Waals surface area contributed by atoms with Crippen LogP contribution in [0, 0.1) is 11.6 Å². The van der Waals surface area contributed by atoms with Crippen molar-refractivity contribution in [3.63, 3.8) is 0 Å². The zero-order valence-corrected chi connectivity index (χ0v) is 12.8. The molecule has 0 saturated carbocycles. The molecule has 2 aromatic carbocycles. The van der Waals surface area contributed by atoms with Crippen molar-refractivity contribution < 1.29 is 27.8 Å². The van der Waals surface area contributed by atoms with Gasteiger partial charge in [-0.2, -0.15) is 0 Å². The van der Waals surface area contributed by atoms with Crippen LogP contribution in [0.15, 0.2) is 42.5 Å². The van der Waals surface area contributed by atoms with Gasteiger partial charge in [0.2, 0.25) is 0 Å². The van der Waals surface area contributed by atoms with Gasteiger partial charge in [-0.3, -0.25) is 4.79 Å². The molecular weight excluding hydrogens is 320 g/mol. The summed E-state index contributed by atoms with van der Waals surface area (Å²) in [6.45, 7) is 1.48. The second-order valence-corrected chi connectivity index (χ2v) is 4.68. The van der Waals surface area contributed by atoms with Crippen LogP contribution in [0.2, 0.25) is 0 Å². The normalized spacial score (nSPS) is 10.1. The highest BCUT2D eigenvalue weighted by atomic mass is 19.2. The topological polar surface area (TPSA) is 64.6 Å². The van der Waals surface area contributed by atoms with Crippen molar-refractivity contribution in [2.24, 2.45) is 0 Å². The van der Waals surface area contributed by atoms with Gasteiger partial charge in [-0.1, -0.05) is 12.1 Å². The first kappa shape index (κ1) is 17.4. The standard InChI is InChI=1S/C17H15F2NO4/c1-2-23-17(22)12-5-3-4-6-15(12)24-10-16(21)20-11-7-8-13(18)14(19)9-11/h3-9H,2,10H2,1H3,(H,20,21). The van der Waals surface area contributed by atoms with Crippen molar-refractivity contribution in [1.29, 1.82) is 0 Å². The van der Waals surface area contributed by atoms with E-state index in [1.54, 1.807) is 19.1 Å². The summed E-state index contributed by atoms with van der Waals surface area (Å²) in [4.78, 5) is 23.6. The predicted molar refractivity (Wildman–Crippen MR) is 82.9 cm³/mol. The van der Waals surface area contributed by atoms with Crippen molar-refractivity contribution in [1.82, 2.24) is 0 Å². The van der Waals surface area contributed by atoms with E-state index in [9.17, 15) is 18.4 Å². The van der Waals surface area contributed by atoms with E-state index in [-0.39, 0.29) is 23.6 Å². The molecular formula is C17H15F2NO4. The number of carbonyl (C=O) groups is 2. The molecule has 126 valence electrons. The Morgan fingerprint density at radius 1 is 1.08 bits per heavy atom. The first-order valence-electron chi connectivity index (χ1n) is 7.15. The average molecular weight is 335 g/mol. The fraction of sp³-hybridized carbons (Fsp3) is 0.176. The molecule has 0 atom stereocenters. The number of ether oxygens (including phenoxy) is 2. The van der Waals surface area contributed by atoms with E-state index in [1.165, 1.54) is 18.2 Å². The van der Waals surface area contributed by atoms with Crippen molar-refractivity contribution in [3.05, 3.63) is 59.7 Å². The zero-order valence-electron chi connectivity index (χ0n) is 12.8. The highest BCUT2D eigenvalue weighted by Gasteiger charge is 2.14. The molecule has 0 unspecified atom stereocenters. The quantitative estimate of drug-likeness (QED) is 0.824. The second kappa shape index (κ2) is 8.05. The zero-order chi connectivity index (χ0) is 17.5. The number of halogens is 2. The molecule has 0 aliphatic heterocycles. The largest absolute Gasteiger partial charge is 0.483 e. The number of carbonyl (C=O) groups excluding carboxylic acids is 2. The van der Waals surface area contributed by atoms with E-state index in [2.05, 4.69) is 5.32 Å². The van der Waals surface area contributed by atoms with Crippen LogP contribution >= 0.6 is 0 Å². The number of amides is 1. The summed E-state index contributed by atoms with van der Waals surface area (Å²) in [6.07, 6.45) is 0. The van der Waals surface area contributed by atoms with E-state index in [0.29, 0.717) is 0 Å². The van der Waals surface area contributed by atoms with Crippen LogP contribution in [-0.4, -0.2) is 25.1 Å². The summed E-state index contributed by atoms with van der Waals surface area (Å²) in [5.74, 6) is -3.03. The minimum Gasteiger partial charge on any atom is -0.483 e. The third-order valence-corrected chi connectivity index (χ3v) is 2.94. The Morgan fingerprint density at radius 3 is 2.54 bits per heavy atom. The van der Waals surface area contributed by atoms with E-state index < -0.39 is 30.1 Å². The Kier molecular flexibility index (Phi) is 5.83. The summed E-state index contributed by atoms with van der Waals surface area (Å²) in [5.41, 5.74) is 0.293. The molecule has 2 aromatic rings. The highest BCUT2D eigenvalue weighted by Crippen LogP contribution is 2.19. The summed E-state index contributed by atoms with van der Waals surface area (Å²) < 4.78 is 36.1. The molecule has 0 spiro atoms. The van der Waals surface area contributed by atoms with Gasteiger partial charge in [0.15, 0.2) is 18.2 Å². The molecule has 0 fully saturated rings. The third-order valence-electron chi connectivity index (χ3n) is 2.94. The molecule has 5 nitrogen and oxygen atoms in total. The Bertz CT molecular complexity index is 749. The summed E-state index contributed by atoms with van der Waals surface area (Å²) in [7, 11) is 0. The van der Waals surface area contributed by atoms with Crippen molar-refractivity contribution >= 4 is 17.6 Å².